The Bertz CT molecular complexity index is 1080. The summed E-state index contributed by atoms with van der Waals surface area (Å²) in [6.45, 7) is 3.56. The van der Waals surface area contributed by atoms with Crippen molar-refractivity contribution in [3.8, 4) is 11.5 Å². The first kappa shape index (κ1) is 16.2. The molecule has 0 radical (unpaired) electrons. The third-order valence-corrected chi connectivity index (χ3v) is 6.49. The van der Waals surface area contributed by atoms with Crippen molar-refractivity contribution in [2.24, 2.45) is 7.05 Å². The summed E-state index contributed by atoms with van der Waals surface area (Å²) in [5, 5.41) is 0. The van der Waals surface area contributed by atoms with Crippen LogP contribution in [-0.2, 0) is 16.9 Å². The van der Waals surface area contributed by atoms with Crippen LogP contribution < -0.4 is 0 Å². The third-order valence-electron chi connectivity index (χ3n) is 4.75. The summed E-state index contributed by atoms with van der Waals surface area (Å²) in [4.78, 5) is 13.7. The van der Waals surface area contributed by atoms with E-state index in [1.54, 1.807) is 25.4 Å². The Morgan fingerprint density at radius 3 is 2.64 bits per heavy atom. The maximum absolute atomic E-state index is 12.7. The maximum atomic E-state index is 12.7. The van der Waals surface area contributed by atoms with E-state index < -0.39 is 9.84 Å². The Morgan fingerprint density at radius 2 is 1.96 bits per heavy atom. The van der Waals surface area contributed by atoms with E-state index in [-0.39, 0.29) is 10.6 Å². The first-order valence-corrected chi connectivity index (χ1v) is 10.1. The lowest BCUT2D eigenvalue weighted by Gasteiger charge is -2.10. The molecule has 0 N–H and O–H groups in total. The molecule has 3 aromatic rings. The second-order valence-corrected chi connectivity index (χ2v) is 8.85. The van der Waals surface area contributed by atoms with Gasteiger partial charge in [0.15, 0.2) is 15.7 Å². The zero-order chi connectivity index (χ0) is 17.8. The van der Waals surface area contributed by atoms with Gasteiger partial charge in [-0.3, -0.25) is 9.97 Å². The number of imidazole rings is 1. The molecular weight excluding hydrogens is 336 g/mol. The fourth-order valence-electron chi connectivity index (χ4n) is 3.06. The molecule has 0 atom stereocenters. The standard InChI is InChI=1S/C18H20N4O2S/c1-4-25(23,24)16-8-13(12-5-6-12)9-20-17(16)18-21-14-7-11(2)19-10-15(14)22(18)3/h7-10,12H,4-6H2,1-3H3. The summed E-state index contributed by atoms with van der Waals surface area (Å²) in [7, 11) is -1.54. The number of pyridine rings is 2. The van der Waals surface area contributed by atoms with Crippen LogP contribution in [0.1, 0.15) is 36.9 Å². The highest BCUT2D eigenvalue weighted by atomic mass is 32.2. The molecule has 25 heavy (non-hydrogen) atoms. The van der Waals surface area contributed by atoms with Gasteiger partial charge in [0.2, 0.25) is 0 Å². The zero-order valence-electron chi connectivity index (χ0n) is 14.5. The first-order valence-electron chi connectivity index (χ1n) is 8.43. The molecule has 1 fully saturated rings. The van der Waals surface area contributed by atoms with Crippen molar-refractivity contribution in [3.05, 3.63) is 35.8 Å². The molecule has 130 valence electrons. The Morgan fingerprint density at radius 1 is 1.20 bits per heavy atom. The largest absolute Gasteiger partial charge is 0.324 e. The molecular formula is C18H20N4O2S. The van der Waals surface area contributed by atoms with Crippen molar-refractivity contribution < 1.29 is 8.42 Å². The van der Waals surface area contributed by atoms with E-state index in [1.165, 1.54) is 0 Å². The van der Waals surface area contributed by atoms with Gasteiger partial charge in [0.1, 0.15) is 5.69 Å². The highest BCUT2D eigenvalue weighted by molar-refractivity contribution is 7.91. The molecule has 3 heterocycles. The summed E-state index contributed by atoms with van der Waals surface area (Å²) in [5.41, 5.74) is 3.94. The summed E-state index contributed by atoms with van der Waals surface area (Å²) >= 11 is 0. The lowest BCUT2D eigenvalue weighted by molar-refractivity contribution is 0.597. The number of hydrogen-bond donors (Lipinski definition) is 0. The number of rotatable bonds is 4. The van der Waals surface area contributed by atoms with Gasteiger partial charge in [0, 0.05) is 18.9 Å². The van der Waals surface area contributed by atoms with Gasteiger partial charge >= 0.3 is 0 Å². The van der Waals surface area contributed by atoms with E-state index in [9.17, 15) is 8.42 Å². The van der Waals surface area contributed by atoms with Crippen LogP contribution in [0.25, 0.3) is 22.6 Å². The quantitative estimate of drug-likeness (QED) is 0.718. The van der Waals surface area contributed by atoms with Crippen LogP contribution in [-0.4, -0.2) is 33.7 Å². The summed E-state index contributed by atoms with van der Waals surface area (Å²) in [5.74, 6) is 1.04. The molecule has 0 spiro atoms. The van der Waals surface area contributed by atoms with Gasteiger partial charge in [0.05, 0.1) is 27.9 Å². The molecule has 0 saturated heterocycles. The van der Waals surface area contributed by atoms with Crippen molar-refractivity contribution in [2.75, 3.05) is 5.75 Å². The van der Waals surface area contributed by atoms with Gasteiger partial charge in [-0.05, 0) is 43.4 Å². The van der Waals surface area contributed by atoms with Gasteiger partial charge < -0.3 is 4.57 Å². The SMILES string of the molecule is CCS(=O)(=O)c1cc(C2CC2)cnc1-c1nc2cc(C)ncc2n1C. The summed E-state index contributed by atoms with van der Waals surface area (Å²) in [6, 6.07) is 3.69. The smallest absolute Gasteiger partial charge is 0.180 e. The zero-order valence-corrected chi connectivity index (χ0v) is 15.3. The van der Waals surface area contributed by atoms with E-state index >= 15 is 0 Å². The van der Waals surface area contributed by atoms with Crippen LogP contribution in [0.5, 0.6) is 0 Å². The van der Waals surface area contributed by atoms with Gasteiger partial charge in [-0.25, -0.2) is 13.4 Å². The van der Waals surface area contributed by atoms with E-state index in [0.29, 0.717) is 17.4 Å². The summed E-state index contributed by atoms with van der Waals surface area (Å²) < 4.78 is 27.2. The van der Waals surface area contributed by atoms with Gasteiger partial charge in [-0.1, -0.05) is 6.92 Å². The number of nitrogens with zero attached hydrogens (tertiary/aromatic N) is 4. The number of aryl methyl sites for hydroxylation is 2. The van der Waals surface area contributed by atoms with Gasteiger partial charge in [-0.15, -0.1) is 0 Å². The second kappa shape index (κ2) is 5.62. The van der Waals surface area contributed by atoms with Crippen molar-refractivity contribution in [1.29, 1.82) is 0 Å². The van der Waals surface area contributed by atoms with Crippen molar-refractivity contribution in [1.82, 2.24) is 19.5 Å². The fourth-order valence-corrected chi connectivity index (χ4v) is 4.13. The number of hydrogen-bond acceptors (Lipinski definition) is 5. The summed E-state index contributed by atoms with van der Waals surface area (Å²) in [6.07, 6.45) is 5.76. The molecule has 3 aromatic heterocycles. The van der Waals surface area contributed by atoms with E-state index in [2.05, 4.69) is 15.0 Å². The van der Waals surface area contributed by atoms with E-state index in [0.717, 1.165) is 35.1 Å². The number of sulfone groups is 1. The second-order valence-electron chi connectivity index (χ2n) is 6.60. The van der Waals surface area contributed by atoms with E-state index in [4.69, 9.17) is 0 Å². The van der Waals surface area contributed by atoms with Crippen LogP contribution >= 0.6 is 0 Å². The molecule has 7 heteroatoms. The number of fused-ring (bicyclic) bond motifs is 1. The van der Waals surface area contributed by atoms with E-state index in [1.807, 2.05) is 24.6 Å². The van der Waals surface area contributed by atoms with Crippen LogP contribution in [0.3, 0.4) is 0 Å². The third kappa shape index (κ3) is 2.72. The lowest BCUT2D eigenvalue weighted by Crippen LogP contribution is -2.09. The first-order chi connectivity index (χ1) is 11.9. The topological polar surface area (TPSA) is 77.7 Å². The van der Waals surface area contributed by atoms with Gasteiger partial charge in [0.25, 0.3) is 0 Å². The highest BCUT2D eigenvalue weighted by Gasteiger charge is 2.29. The normalized spacial score (nSPS) is 15.0. The molecule has 0 aliphatic heterocycles. The Balaban J connectivity index is 1.97. The maximum Gasteiger partial charge on any atom is 0.180 e. The Labute approximate surface area is 146 Å². The Kier molecular flexibility index (Phi) is 3.64. The number of aromatic nitrogens is 4. The molecule has 4 rings (SSSR count). The van der Waals surface area contributed by atoms with Crippen molar-refractivity contribution >= 4 is 20.9 Å². The minimum Gasteiger partial charge on any atom is -0.324 e. The predicted molar refractivity (Wildman–Crippen MR) is 96.2 cm³/mol. The molecule has 0 amide bonds. The molecule has 1 saturated carbocycles. The molecule has 6 nitrogen and oxygen atoms in total. The average molecular weight is 356 g/mol. The molecule has 1 aliphatic carbocycles. The van der Waals surface area contributed by atoms with Crippen LogP contribution in [0.4, 0.5) is 0 Å². The lowest BCUT2D eigenvalue weighted by atomic mass is 10.2. The van der Waals surface area contributed by atoms with Crippen LogP contribution in [0, 0.1) is 6.92 Å². The Hall–Kier alpha value is -2.28. The fraction of sp³-hybridized carbons (Fsp3) is 0.389. The molecule has 0 unspecified atom stereocenters. The average Bonchev–Trinajstić information content (AvgIpc) is 3.39. The highest BCUT2D eigenvalue weighted by Crippen LogP contribution is 2.41. The van der Waals surface area contributed by atoms with Crippen molar-refractivity contribution in [3.63, 3.8) is 0 Å². The molecule has 1 aliphatic rings. The van der Waals surface area contributed by atoms with Crippen LogP contribution in [0.15, 0.2) is 29.4 Å². The molecule has 0 aromatic carbocycles. The van der Waals surface area contributed by atoms with Gasteiger partial charge in [-0.2, -0.15) is 0 Å². The van der Waals surface area contributed by atoms with Crippen LogP contribution in [0.2, 0.25) is 0 Å². The predicted octanol–water partition coefficient (Wildman–Crippen LogP) is 3.01. The minimum atomic E-state index is -3.40. The molecule has 0 bridgehead atoms. The monoisotopic (exact) mass is 356 g/mol. The minimum absolute atomic E-state index is 0.0421. The van der Waals surface area contributed by atoms with Crippen molar-refractivity contribution in [2.45, 2.75) is 37.5 Å².